The number of nitrogens with zero attached hydrogens (tertiary/aromatic N) is 1. The third-order valence-corrected chi connectivity index (χ3v) is 1.66. The molecule has 0 radical (unpaired) electrons. The summed E-state index contributed by atoms with van der Waals surface area (Å²) in [5.74, 6) is -6.31. The number of aliphatic hydroxyl groups is 2. The lowest BCUT2D eigenvalue weighted by atomic mass is 10.3. The van der Waals surface area contributed by atoms with Crippen molar-refractivity contribution in [2.24, 2.45) is 0 Å². The van der Waals surface area contributed by atoms with Crippen LogP contribution in [0.1, 0.15) is 0 Å². The van der Waals surface area contributed by atoms with Gasteiger partial charge in [-0.2, -0.15) is 0 Å². The molecular formula is C6H12NO6+. The van der Waals surface area contributed by atoms with Crippen molar-refractivity contribution < 1.29 is 34.5 Å². The van der Waals surface area contributed by atoms with E-state index in [-0.39, 0.29) is 0 Å². The molecule has 0 saturated carbocycles. The minimum atomic E-state index is -3.10. The summed E-state index contributed by atoms with van der Waals surface area (Å²) < 4.78 is -0.975. The maximum atomic E-state index is 10.3. The summed E-state index contributed by atoms with van der Waals surface area (Å²) in [6.07, 6.45) is 0. The fraction of sp³-hybridized carbons (Fsp3) is 0.667. The fourth-order valence-electron chi connectivity index (χ4n) is 0.707. The second-order valence-corrected chi connectivity index (χ2v) is 3.18. The Hall–Kier alpha value is -1.18. The Kier molecular flexibility index (Phi) is 2.99. The van der Waals surface area contributed by atoms with Gasteiger partial charge in [-0.25, -0.2) is 9.59 Å². The smallest absolute Gasteiger partial charge is 0.428 e. The largest absolute Gasteiger partial charge is 0.477 e. The molecule has 0 unspecified atom stereocenters. The van der Waals surface area contributed by atoms with Crippen LogP contribution in [0.15, 0.2) is 0 Å². The molecular weight excluding hydrogens is 182 g/mol. The maximum Gasteiger partial charge on any atom is 0.428 e. The van der Waals surface area contributed by atoms with Gasteiger partial charge in [-0.05, 0) is 0 Å². The molecule has 0 bridgehead atoms. The summed E-state index contributed by atoms with van der Waals surface area (Å²) in [7, 11) is 2.17. The highest BCUT2D eigenvalue weighted by Gasteiger charge is 2.51. The van der Waals surface area contributed by atoms with Gasteiger partial charge in [0.2, 0.25) is 0 Å². The fourth-order valence-corrected chi connectivity index (χ4v) is 0.707. The number of quaternary nitrogens is 1. The molecule has 0 aliphatic carbocycles. The van der Waals surface area contributed by atoms with E-state index in [2.05, 4.69) is 0 Å². The second-order valence-electron chi connectivity index (χ2n) is 3.18. The first kappa shape index (κ1) is 11.8. The normalized spacial score (nSPS) is 12.6. The number of carbonyl (C=O) groups is 2. The molecule has 0 heterocycles. The molecule has 0 spiro atoms. The molecule has 7 nitrogen and oxygen atoms in total. The van der Waals surface area contributed by atoms with Crippen LogP contribution in [0.4, 0.5) is 0 Å². The van der Waals surface area contributed by atoms with Crippen LogP contribution >= 0.6 is 0 Å². The summed E-state index contributed by atoms with van der Waals surface area (Å²) in [4.78, 5) is 20.6. The molecule has 0 atom stereocenters. The van der Waals surface area contributed by atoms with E-state index in [9.17, 15) is 9.59 Å². The predicted octanol–water partition coefficient (Wildman–Crippen LogP) is -2.13. The molecule has 0 aliphatic rings. The van der Waals surface area contributed by atoms with E-state index in [1.54, 1.807) is 0 Å². The lowest BCUT2D eigenvalue weighted by Gasteiger charge is -2.35. The number of carboxylic acids is 2. The van der Waals surface area contributed by atoms with Gasteiger partial charge in [0.1, 0.15) is 0 Å². The average molecular weight is 194 g/mol. The van der Waals surface area contributed by atoms with E-state index in [1.165, 1.54) is 0 Å². The number of carboxylic acid groups (broad SMARTS) is 2. The van der Waals surface area contributed by atoms with Crippen molar-refractivity contribution in [2.45, 2.75) is 5.91 Å². The third kappa shape index (κ3) is 2.38. The van der Waals surface area contributed by atoms with Crippen LogP contribution < -0.4 is 0 Å². The number of aliphatic carboxylic acids is 2. The zero-order valence-corrected chi connectivity index (χ0v) is 7.26. The minimum Gasteiger partial charge on any atom is -0.477 e. The quantitative estimate of drug-likeness (QED) is 0.300. The Bertz CT molecular complexity index is 233. The molecule has 76 valence electrons. The Morgan fingerprint density at radius 2 is 1.62 bits per heavy atom. The standard InChI is InChI=1S/C6H11NO6/c1-7(2,3-4(8)9)6(12,13)5(10)11/h12-13H,3H2,1-2H3,(H-,8,9,10,11)/p+1. The van der Waals surface area contributed by atoms with Crippen molar-refractivity contribution in [3.8, 4) is 0 Å². The number of rotatable bonds is 4. The molecule has 4 N–H and O–H groups in total. The van der Waals surface area contributed by atoms with Gasteiger partial charge in [-0.3, -0.25) is 4.48 Å². The Balaban J connectivity index is 4.80. The van der Waals surface area contributed by atoms with Crippen molar-refractivity contribution in [2.75, 3.05) is 20.6 Å². The zero-order chi connectivity index (χ0) is 10.9. The first-order valence-corrected chi connectivity index (χ1v) is 3.34. The van der Waals surface area contributed by atoms with E-state index < -0.39 is 28.9 Å². The highest BCUT2D eigenvalue weighted by Crippen LogP contribution is 2.14. The monoisotopic (exact) mass is 194 g/mol. The van der Waals surface area contributed by atoms with E-state index >= 15 is 0 Å². The van der Waals surface area contributed by atoms with Crippen molar-refractivity contribution >= 4 is 11.9 Å². The number of likely N-dealkylation sites (N-methyl/N-ethyl adjacent to an activating group) is 1. The van der Waals surface area contributed by atoms with Crippen molar-refractivity contribution in [3.05, 3.63) is 0 Å². The van der Waals surface area contributed by atoms with Crippen LogP contribution in [-0.4, -0.2) is 63.4 Å². The van der Waals surface area contributed by atoms with Gasteiger partial charge in [-0.1, -0.05) is 0 Å². The lowest BCUT2D eigenvalue weighted by molar-refractivity contribution is -0.976. The SMILES string of the molecule is C[N+](C)(CC(=O)O)C(O)(O)C(=O)O. The van der Waals surface area contributed by atoms with Gasteiger partial charge in [0.25, 0.3) is 0 Å². The van der Waals surface area contributed by atoms with Crippen LogP contribution in [0.25, 0.3) is 0 Å². The molecule has 0 amide bonds. The molecule has 0 rings (SSSR count). The molecule has 0 fully saturated rings. The van der Waals surface area contributed by atoms with Crippen LogP contribution in [0.5, 0.6) is 0 Å². The molecule has 0 aromatic carbocycles. The van der Waals surface area contributed by atoms with Gasteiger partial charge in [-0.15, -0.1) is 0 Å². The van der Waals surface area contributed by atoms with Crippen LogP contribution in [0.2, 0.25) is 0 Å². The number of hydrogen-bond donors (Lipinski definition) is 4. The van der Waals surface area contributed by atoms with Crippen molar-refractivity contribution in [1.29, 1.82) is 0 Å². The van der Waals surface area contributed by atoms with Gasteiger partial charge >= 0.3 is 17.8 Å². The summed E-state index contributed by atoms with van der Waals surface area (Å²) in [6.45, 7) is -0.709. The first-order chi connectivity index (χ1) is 5.61. The van der Waals surface area contributed by atoms with E-state index in [4.69, 9.17) is 20.4 Å². The summed E-state index contributed by atoms with van der Waals surface area (Å²) in [5.41, 5.74) is 0. The van der Waals surface area contributed by atoms with Crippen LogP contribution in [-0.2, 0) is 9.59 Å². The second kappa shape index (κ2) is 3.29. The Labute approximate surface area is 74.0 Å². The number of hydrogen-bond acceptors (Lipinski definition) is 4. The molecule has 13 heavy (non-hydrogen) atoms. The van der Waals surface area contributed by atoms with E-state index in [0.717, 1.165) is 14.1 Å². The highest BCUT2D eigenvalue weighted by atomic mass is 16.6. The molecule has 0 aromatic rings. The van der Waals surface area contributed by atoms with Crippen LogP contribution in [0.3, 0.4) is 0 Å². The molecule has 0 aromatic heterocycles. The first-order valence-electron chi connectivity index (χ1n) is 3.34. The Morgan fingerprint density at radius 1 is 1.23 bits per heavy atom. The zero-order valence-electron chi connectivity index (χ0n) is 7.26. The van der Waals surface area contributed by atoms with Gasteiger partial charge in [0.15, 0.2) is 6.54 Å². The average Bonchev–Trinajstić information content (AvgIpc) is 1.83. The summed E-state index contributed by atoms with van der Waals surface area (Å²) in [6, 6.07) is 0. The van der Waals surface area contributed by atoms with Crippen LogP contribution in [0, 0.1) is 0 Å². The minimum absolute atomic E-state index is 0.709. The third-order valence-electron chi connectivity index (χ3n) is 1.66. The summed E-state index contributed by atoms with van der Waals surface area (Å²) in [5, 5.41) is 34.8. The van der Waals surface area contributed by atoms with Crippen molar-refractivity contribution in [3.63, 3.8) is 0 Å². The Morgan fingerprint density at radius 3 is 1.85 bits per heavy atom. The molecule has 7 heteroatoms. The van der Waals surface area contributed by atoms with E-state index in [0.29, 0.717) is 0 Å². The topological polar surface area (TPSA) is 115 Å². The van der Waals surface area contributed by atoms with Gasteiger partial charge in [0.05, 0.1) is 14.1 Å². The molecule has 0 saturated heterocycles. The van der Waals surface area contributed by atoms with Crippen molar-refractivity contribution in [1.82, 2.24) is 0 Å². The van der Waals surface area contributed by atoms with E-state index in [1.807, 2.05) is 0 Å². The summed E-state index contributed by atoms with van der Waals surface area (Å²) >= 11 is 0. The highest BCUT2D eigenvalue weighted by molar-refractivity contribution is 5.74. The van der Waals surface area contributed by atoms with Gasteiger partial charge in [0, 0.05) is 0 Å². The lowest BCUT2D eigenvalue weighted by Crippen LogP contribution is -2.65. The molecule has 0 aliphatic heterocycles. The van der Waals surface area contributed by atoms with Gasteiger partial charge < -0.3 is 20.4 Å². The predicted molar refractivity (Wildman–Crippen MR) is 39.4 cm³/mol. The maximum absolute atomic E-state index is 10.3.